The molecule has 0 spiro atoms. The molecule has 250 valence electrons. The van der Waals surface area contributed by atoms with Crippen LogP contribution in [0.25, 0.3) is 0 Å². The molecular weight excluding hydrogens is 560 g/mol. The van der Waals surface area contributed by atoms with Crippen molar-refractivity contribution in [3.8, 4) is 11.5 Å². The van der Waals surface area contributed by atoms with Gasteiger partial charge in [-0.2, -0.15) is 0 Å². The van der Waals surface area contributed by atoms with E-state index in [1.807, 2.05) is 24.3 Å². The van der Waals surface area contributed by atoms with Gasteiger partial charge in [-0.25, -0.2) is 0 Å². The molecule has 0 saturated heterocycles. The summed E-state index contributed by atoms with van der Waals surface area (Å²) < 4.78 is 10.3. The number of aryl methyl sites for hydroxylation is 2. The standard InChI is InChI=1S/C20H31NO2.C19H29NO2/c1-3-5-6-16-7-9-17(10-8-16)11-12-18-13-14-19(15-21-18)23-20(22)4-2;1-3-5-15-6-8-16(9-7-15)10-11-17-12-13-18(14-20-17)22-19(21)4-2/h13-17H,3-12H2,1-2H3;12-16H,3-11H2,1-2H3/t16-,17-;15-,16-. The van der Waals surface area contributed by atoms with Crippen molar-refractivity contribution in [1.29, 1.82) is 0 Å². The van der Waals surface area contributed by atoms with Crippen LogP contribution in [0.15, 0.2) is 36.7 Å². The van der Waals surface area contributed by atoms with Crippen molar-refractivity contribution < 1.29 is 19.1 Å². The Balaban J connectivity index is 0.000000246. The average molecular weight is 621 g/mol. The van der Waals surface area contributed by atoms with Crippen LogP contribution >= 0.6 is 0 Å². The van der Waals surface area contributed by atoms with Crippen LogP contribution in [0.1, 0.15) is 148 Å². The predicted octanol–water partition coefficient (Wildman–Crippen LogP) is 10.3. The summed E-state index contributed by atoms with van der Waals surface area (Å²) in [5.74, 6) is 4.38. The molecule has 6 nitrogen and oxygen atoms in total. The van der Waals surface area contributed by atoms with Gasteiger partial charge in [0.25, 0.3) is 0 Å². The molecule has 0 radical (unpaired) electrons. The lowest BCUT2D eigenvalue weighted by Crippen LogP contribution is -2.15. The first-order valence-electron chi connectivity index (χ1n) is 18.2. The van der Waals surface area contributed by atoms with Crippen LogP contribution in [0.5, 0.6) is 11.5 Å². The van der Waals surface area contributed by atoms with Gasteiger partial charge in [0.2, 0.25) is 0 Å². The van der Waals surface area contributed by atoms with E-state index in [0.717, 1.165) is 47.9 Å². The Morgan fingerprint density at radius 1 is 0.578 bits per heavy atom. The molecule has 2 fully saturated rings. The number of ether oxygens (including phenoxy) is 2. The summed E-state index contributed by atoms with van der Waals surface area (Å²) in [6.45, 7) is 8.16. The first kappa shape index (κ1) is 36.7. The molecule has 0 atom stereocenters. The van der Waals surface area contributed by atoms with E-state index in [1.54, 1.807) is 26.2 Å². The first-order valence-corrected chi connectivity index (χ1v) is 18.2. The van der Waals surface area contributed by atoms with Crippen molar-refractivity contribution in [1.82, 2.24) is 9.97 Å². The summed E-state index contributed by atoms with van der Waals surface area (Å²) >= 11 is 0. The Kier molecular flexibility index (Phi) is 17.2. The lowest BCUT2D eigenvalue weighted by Gasteiger charge is -2.28. The number of hydrogen-bond donors (Lipinski definition) is 0. The van der Waals surface area contributed by atoms with E-state index in [1.165, 1.54) is 96.3 Å². The number of pyridine rings is 2. The third kappa shape index (κ3) is 14.5. The van der Waals surface area contributed by atoms with Gasteiger partial charge in [-0.3, -0.25) is 19.6 Å². The number of carbonyl (C=O) groups is 2. The number of esters is 2. The summed E-state index contributed by atoms with van der Waals surface area (Å²) in [4.78, 5) is 31.3. The van der Waals surface area contributed by atoms with Gasteiger partial charge in [-0.1, -0.05) is 111 Å². The Bertz CT molecular complexity index is 1090. The van der Waals surface area contributed by atoms with Crippen molar-refractivity contribution >= 4 is 11.9 Å². The molecule has 0 N–H and O–H groups in total. The van der Waals surface area contributed by atoms with E-state index in [-0.39, 0.29) is 11.9 Å². The number of rotatable bonds is 15. The molecule has 2 aliphatic rings. The largest absolute Gasteiger partial charge is 0.425 e. The highest BCUT2D eigenvalue weighted by Crippen LogP contribution is 2.35. The topological polar surface area (TPSA) is 78.4 Å². The fourth-order valence-electron chi connectivity index (χ4n) is 6.87. The minimum Gasteiger partial charge on any atom is -0.425 e. The molecular formula is C39H60N2O4. The smallest absolute Gasteiger partial charge is 0.310 e. The summed E-state index contributed by atoms with van der Waals surface area (Å²) in [7, 11) is 0. The normalized spacial score (nSPS) is 21.3. The molecule has 0 bridgehead atoms. The third-order valence-electron chi connectivity index (χ3n) is 9.85. The quantitative estimate of drug-likeness (QED) is 0.184. The van der Waals surface area contributed by atoms with Crippen LogP contribution in [0.2, 0.25) is 0 Å². The van der Waals surface area contributed by atoms with E-state index in [4.69, 9.17) is 9.47 Å². The zero-order valence-corrected chi connectivity index (χ0v) is 28.7. The number of aromatic nitrogens is 2. The molecule has 2 aromatic rings. The third-order valence-corrected chi connectivity index (χ3v) is 9.85. The second-order valence-corrected chi connectivity index (χ2v) is 13.4. The van der Waals surface area contributed by atoms with Crippen LogP contribution in [-0.4, -0.2) is 21.9 Å². The van der Waals surface area contributed by atoms with Crippen molar-refractivity contribution in [2.75, 3.05) is 0 Å². The first-order chi connectivity index (χ1) is 21.9. The van der Waals surface area contributed by atoms with E-state index >= 15 is 0 Å². The number of carbonyl (C=O) groups excluding carboxylic acids is 2. The van der Waals surface area contributed by atoms with E-state index < -0.39 is 0 Å². The molecule has 2 aliphatic carbocycles. The zero-order chi connectivity index (χ0) is 32.3. The highest BCUT2D eigenvalue weighted by Gasteiger charge is 2.21. The number of hydrogen-bond acceptors (Lipinski definition) is 6. The van der Waals surface area contributed by atoms with E-state index in [9.17, 15) is 9.59 Å². The molecule has 2 aromatic heterocycles. The van der Waals surface area contributed by atoms with Crippen molar-refractivity contribution in [2.24, 2.45) is 23.7 Å². The van der Waals surface area contributed by atoms with Gasteiger partial charge in [0.15, 0.2) is 0 Å². The summed E-state index contributed by atoms with van der Waals surface area (Å²) in [5, 5.41) is 0. The van der Waals surface area contributed by atoms with Gasteiger partial charge in [0.05, 0.1) is 12.4 Å². The van der Waals surface area contributed by atoms with Gasteiger partial charge < -0.3 is 9.47 Å². The zero-order valence-electron chi connectivity index (χ0n) is 28.7. The molecule has 2 saturated carbocycles. The van der Waals surface area contributed by atoms with Gasteiger partial charge in [-0.15, -0.1) is 0 Å². The molecule has 0 amide bonds. The van der Waals surface area contributed by atoms with Crippen LogP contribution in [-0.2, 0) is 22.4 Å². The summed E-state index contributed by atoms with van der Waals surface area (Å²) in [6.07, 6.45) is 26.8. The Hall–Kier alpha value is -2.76. The van der Waals surface area contributed by atoms with Gasteiger partial charge in [0.1, 0.15) is 11.5 Å². The second kappa shape index (κ2) is 21.1. The molecule has 6 heteroatoms. The van der Waals surface area contributed by atoms with Crippen LogP contribution < -0.4 is 9.47 Å². The monoisotopic (exact) mass is 620 g/mol. The van der Waals surface area contributed by atoms with Crippen molar-refractivity contribution in [2.45, 2.75) is 150 Å². The molecule has 0 unspecified atom stereocenters. The number of nitrogens with zero attached hydrogens (tertiary/aromatic N) is 2. The Morgan fingerprint density at radius 2 is 0.978 bits per heavy atom. The van der Waals surface area contributed by atoms with Crippen LogP contribution in [0.4, 0.5) is 0 Å². The molecule has 45 heavy (non-hydrogen) atoms. The highest BCUT2D eigenvalue weighted by molar-refractivity contribution is 5.72. The Labute approximate surface area is 273 Å². The SMILES string of the molecule is CCCC[C@H]1CC[C@H](CCc2ccc(OC(=O)CC)cn2)CC1.CCC[C@H]1CC[C@H](CCc2ccc(OC(=O)CC)cn2)CC1. The Morgan fingerprint density at radius 3 is 1.31 bits per heavy atom. The van der Waals surface area contributed by atoms with Gasteiger partial charge in [0, 0.05) is 24.2 Å². The fourth-order valence-corrected chi connectivity index (χ4v) is 6.87. The van der Waals surface area contributed by atoms with E-state index in [0.29, 0.717) is 24.3 Å². The second-order valence-electron chi connectivity index (χ2n) is 13.4. The average Bonchev–Trinajstić information content (AvgIpc) is 3.08. The molecule has 4 rings (SSSR count). The molecule has 0 aliphatic heterocycles. The summed E-state index contributed by atoms with van der Waals surface area (Å²) in [6, 6.07) is 7.69. The molecule has 0 aromatic carbocycles. The van der Waals surface area contributed by atoms with Gasteiger partial charge >= 0.3 is 11.9 Å². The fraction of sp³-hybridized carbons (Fsp3) is 0.692. The van der Waals surface area contributed by atoms with Crippen molar-refractivity contribution in [3.05, 3.63) is 48.0 Å². The predicted molar refractivity (Wildman–Crippen MR) is 182 cm³/mol. The minimum absolute atomic E-state index is 0.209. The highest BCUT2D eigenvalue weighted by atomic mass is 16.5. The maximum Gasteiger partial charge on any atom is 0.310 e. The van der Waals surface area contributed by atoms with E-state index in [2.05, 4.69) is 23.8 Å². The maximum absolute atomic E-state index is 11.2. The lowest BCUT2D eigenvalue weighted by atomic mass is 9.78. The minimum atomic E-state index is -0.210. The van der Waals surface area contributed by atoms with Crippen LogP contribution in [0.3, 0.4) is 0 Å². The lowest BCUT2D eigenvalue weighted by molar-refractivity contribution is -0.134. The van der Waals surface area contributed by atoms with Crippen molar-refractivity contribution in [3.63, 3.8) is 0 Å². The van der Waals surface area contributed by atoms with Gasteiger partial charge in [-0.05, 0) is 73.6 Å². The molecule has 2 heterocycles. The van der Waals surface area contributed by atoms with Crippen LogP contribution in [0, 0.1) is 23.7 Å². The number of unbranched alkanes of at least 4 members (excludes halogenated alkanes) is 1. The maximum atomic E-state index is 11.2. The summed E-state index contributed by atoms with van der Waals surface area (Å²) in [5.41, 5.74) is 2.21.